The SMILES string of the molecule is CCOC(=O)/C=C/C(=O)NC(=S)Nc1ccccc1C(=O)N1CCC(C)CC1. The standard InChI is InChI=1S/C20H25N3O4S/c1-3-27-18(25)9-8-17(24)22-20(28)21-16-7-5-4-6-15(16)19(26)23-12-10-14(2)11-13-23/h4-9,14H,3,10-13H2,1-2H3,(H2,21,22,24,28)/b9-8+. The molecule has 1 aliphatic rings. The van der Waals surface area contributed by atoms with E-state index >= 15 is 0 Å². The summed E-state index contributed by atoms with van der Waals surface area (Å²) < 4.78 is 4.70. The number of hydrogen-bond donors (Lipinski definition) is 2. The highest BCUT2D eigenvalue weighted by Gasteiger charge is 2.23. The van der Waals surface area contributed by atoms with Crippen molar-refractivity contribution >= 4 is 40.8 Å². The molecule has 28 heavy (non-hydrogen) atoms. The molecule has 1 aliphatic heterocycles. The number of likely N-dealkylation sites (tertiary alicyclic amines) is 1. The summed E-state index contributed by atoms with van der Waals surface area (Å²) in [5, 5.41) is 5.36. The molecule has 1 aromatic rings. The van der Waals surface area contributed by atoms with Gasteiger partial charge in [0.05, 0.1) is 17.9 Å². The molecule has 2 amide bonds. The molecule has 2 N–H and O–H groups in total. The lowest BCUT2D eigenvalue weighted by Crippen LogP contribution is -2.39. The molecule has 0 spiro atoms. The zero-order chi connectivity index (χ0) is 20.5. The Kier molecular flexibility index (Phi) is 8.13. The van der Waals surface area contributed by atoms with Crippen LogP contribution in [-0.2, 0) is 14.3 Å². The molecule has 150 valence electrons. The predicted octanol–water partition coefficient (Wildman–Crippen LogP) is 2.49. The van der Waals surface area contributed by atoms with Crippen LogP contribution in [0.1, 0.15) is 37.0 Å². The number of anilines is 1. The largest absolute Gasteiger partial charge is 0.463 e. The van der Waals surface area contributed by atoms with E-state index in [-0.39, 0.29) is 17.6 Å². The Morgan fingerprint density at radius 1 is 1.21 bits per heavy atom. The van der Waals surface area contributed by atoms with E-state index in [1.807, 2.05) is 4.90 Å². The Bertz CT molecular complexity index is 770. The first-order valence-electron chi connectivity index (χ1n) is 9.25. The van der Waals surface area contributed by atoms with Gasteiger partial charge in [-0.05, 0) is 50.0 Å². The number of carbonyl (C=O) groups is 3. The Morgan fingerprint density at radius 3 is 2.57 bits per heavy atom. The van der Waals surface area contributed by atoms with E-state index < -0.39 is 11.9 Å². The third kappa shape index (κ3) is 6.45. The molecule has 0 aliphatic carbocycles. The van der Waals surface area contributed by atoms with Crippen LogP contribution in [0.15, 0.2) is 36.4 Å². The average Bonchev–Trinajstić information content (AvgIpc) is 2.67. The molecule has 0 radical (unpaired) electrons. The lowest BCUT2D eigenvalue weighted by molar-refractivity contribution is -0.137. The minimum absolute atomic E-state index is 0.0334. The lowest BCUT2D eigenvalue weighted by atomic mass is 9.98. The lowest BCUT2D eigenvalue weighted by Gasteiger charge is -2.30. The maximum Gasteiger partial charge on any atom is 0.330 e. The fourth-order valence-corrected chi connectivity index (χ4v) is 3.01. The zero-order valence-electron chi connectivity index (χ0n) is 16.1. The van der Waals surface area contributed by atoms with E-state index in [1.54, 1.807) is 31.2 Å². The molecule has 0 bridgehead atoms. The van der Waals surface area contributed by atoms with Gasteiger partial charge in [-0.25, -0.2) is 4.79 Å². The summed E-state index contributed by atoms with van der Waals surface area (Å²) in [4.78, 5) is 37.8. The Balaban J connectivity index is 1.98. The van der Waals surface area contributed by atoms with Gasteiger partial charge >= 0.3 is 5.97 Å². The number of esters is 1. The molecule has 0 aromatic heterocycles. The van der Waals surface area contributed by atoms with Crippen molar-refractivity contribution in [1.29, 1.82) is 0 Å². The highest BCUT2D eigenvalue weighted by molar-refractivity contribution is 7.80. The van der Waals surface area contributed by atoms with Gasteiger partial charge in [-0.1, -0.05) is 19.1 Å². The zero-order valence-corrected chi connectivity index (χ0v) is 16.9. The number of piperidine rings is 1. The first-order chi connectivity index (χ1) is 13.4. The van der Waals surface area contributed by atoms with Gasteiger partial charge in [0.1, 0.15) is 0 Å². The summed E-state index contributed by atoms with van der Waals surface area (Å²) in [6, 6.07) is 7.03. The van der Waals surface area contributed by atoms with Gasteiger partial charge in [0.2, 0.25) is 5.91 Å². The van der Waals surface area contributed by atoms with E-state index in [1.165, 1.54) is 0 Å². The number of benzene rings is 1. The highest BCUT2D eigenvalue weighted by Crippen LogP contribution is 2.22. The van der Waals surface area contributed by atoms with Crippen molar-refractivity contribution in [1.82, 2.24) is 10.2 Å². The second-order valence-electron chi connectivity index (χ2n) is 6.55. The fourth-order valence-electron chi connectivity index (χ4n) is 2.80. The molecule has 0 saturated carbocycles. The monoisotopic (exact) mass is 403 g/mol. The first-order valence-corrected chi connectivity index (χ1v) is 9.66. The second-order valence-corrected chi connectivity index (χ2v) is 6.96. The van der Waals surface area contributed by atoms with Gasteiger partial charge in [0, 0.05) is 25.2 Å². The number of amides is 2. The van der Waals surface area contributed by atoms with E-state index in [9.17, 15) is 14.4 Å². The molecule has 1 aromatic carbocycles. The molecule has 7 nitrogen and oxygen atoms in total. The van der Waals surface area contributed by atoms with Gasteiger partial charge in [-0.2, -0.15) is 0 Å². The summed E-state index contributed by atoms with van der Waals surface area (Å²) in [6.07, 6.45) is 4.04. The quantitative estimate of drug-likeness (QED) is 0.446. The van der Waals surface area contributed by atoms with E-state index in [2.05, 4.69) is 17.6 Å². The smallest absolute Gasteiger partial charge is 0.330 e. The average molecular weight is 404 g/mol. The van der Waals surface area contributed by atoms with E-state index in [4.69, 9.17) is 17.0 Å². The number of rotatable bonds is 5. The molecular weight excluding hydrogens is 378 g/mol. The maximum atomic E-state index is 12.9. The molecule has 1 fully saturated rings. The van der Waals surface area contributed by atoms with Gasteiger partial charge < -0.3 is 15.0 Å². The van der Waals surface area contributed by atoms with Crippen molar-refractivity contribution in [3.05, 3.63) is 42.0 Å². The minimum atomic E-state index is -0.608. The number of para-hydroxylation sites is 1. The number of nitrogens with zero attached hydrogens (tertiary/aromatic N) is 1. The summed E-state index contributed by atoms with van der Waals surface area (Å²) in [5.74, 6) is -0.614. The van der Waals surface area contributed by atoms with E-state index in [0.29, 0.717) is 17.2 Å². The molecule has 2 rings (SSSR count). The maximum absolute atomic E-state index is 12.9. The summed E-state index contributed by atoms with van der Waals surface area (Å²) in [7, 11) is 0. The number of ether oxygens (including phenoxy) is 1. The van der Waals surface area contributed by atoms with Crippen molar-refractivity contribution in [2.45, 2.75) is 26.7 Å². The predicted molar refractivity (Wildman–Crippen MR) is 111 cm³/mol. The van der Waals surface area contributed by atoms with Crippen LogP contribution in [0.2, 0.25) is 0 Å². The van der Waals surface area contributed by atoms with Crippen molar-refractivity contribution in [2.75, 3.05) is 25.0 Å². The molecular formula is C20H25N3O4S. The topological polar surface area (TPSA) is 87.7 Å². The normalized spacial score (nSPS) is 14.6. The number of thiocarbonyl (C=S) groups is 1. The minimum Gasteiger partial charge on any atom is -0.463 e. The van der Waals surface area contributed by atoms with Gasteiger partial charge in [-0.3, -0.25) is 14.9 Å². The van der Waals surface area contributed by atoms with Crippen LogP contribution < -0.4 is 10.6 Å². The molecule has 0 atom stereocenters. The summed E-state index contributed by atoms with van der Waals surface area (Å²) in [6.45, 7) is 5.55. The number of carbonyl (C=O) groups excluding carboxylic acids is 3. The van der Waals surface area contributed by atoms with Crippen LogP contribution in [0.4, 0.5) is 5.69 Å². The molecule has 8 heteroatoms. The van der Waals surface area contributed by atoms with Crippen molar-refractivity contribution in [3.8, 4) is 0 Å². The van der Waals surface area contributed by atoms with Crippen molar-refractivity contribution in [3.63, 3.8) is 0 Å². The third-order valence-corrected chi connectivity index (χ3v) is 4.57. The molecule has 1 saturated heterocycles. The summed E-state index contributed by atoms with van der Waals surface area (Å²) in [5.41, 5.74) is 1.02. The van der Waals surface area contributed by atoms with Crippen LogP contribution >= 0.6 is 12.2 Å². The van der Waals surface area contributed by atoms with Crippen LogP contribution in [0.5, 0.6) is 0 Å². The van der Waals surface area contributed by atoms with Crippen LogP contribution in [-0.4, -0.2) is 47.5 Å². The van der Waals surface area contributed by atoms with Crippen LogP contribution in [0, 0.1) is 5.92 Å². The molecule has 1 heterocycles. The van der Waals surface area contributed by atoms with Crippen LogP contribution in [0.3, 0.4) is 0 Å². The van der Waals surface area contributed by atoms with Gasteiger partial charge in [0.15, 0.2) is 5.11 Å². The summed E-state index contributed by atoms with van der Waals surface area (Å²) >= 11 is 5.14. The van der Waals surface area contributed by atoms with Gasteiger partial charge in [0.25, 0.3) is 5.91 Å². The third-order valence-electron chi connectivity index (χ3n) is 4.37. The number of nitrogens with one attached hydrogen (secondary N) is 2. The Morgan fingerprint density at radius 2 is 1.89 bits per heavy atom. The number of hydrogen-bond acceptors (Lipinski definition) is 5. The van der Waals surface area contributed by atoms with E-state index in [0.717, 1.165) is 38.1 Å². The highest BCUT2D eigenvalue weighted by atomic mass is 32.1. The van der Waals surface area contributed by atoms with Crippen LogP contribution in [0.25, 0.3) is 0 Å². The van der Waals surface area contributed by atoms with Gasteiger partial charge in [-0.15, -0.1) is 0 Å². The van der Waals surface area contributed by atoms with Crippen molar-refractivity contribution in [2.24, 2.45) is 5.92 Å². The second kappa shape index (κ2) is 10.6. The van der Waals surface area contributed by atoms with Crippen molar-refractivity contribution < 1.29 is 19.1 Å². The fraction of sp³-hybridized carbons (Fsp3) is 0.400. The Labute approximate surface area is 170 Å². The molecule has 0 unspecified atom stereocenters. The Hall–Kier alpha value is -2.74. The first kappa shape index (κ1) is 21.6.